The summed E-state index contributed by atoms with van der Waals surface area (Å²) in [6.07, 6.45) is 4.32. The normalized spacial score (nSPS) is 19.5. The molecule has 0 amide bonds. The van der Waals surface area contributed by atoms with Gasteiger partial charge in [-0.15, -0.1) is 12.4 Å². The zero-order chi connectivity index (χ0) is 16.4. The zero-order valence-corrected chi connectivity index (χ0v) is 16.5. The summed E-state index contributed by atoms with van der Waals surface area (Å²) in [5.41, 5.74) is 0.346. The Morgan fingerprint density at radius 1 is 1.21 bits per heavy atom. The van der Waals surface area contributed by atoms with Crippen LogP contribution in [-0.4, -0.2) is 38.4 Å². The van der Waals surface area contributed by atoms with Gasteiger partial charge in [-0.05, 0) is 56.3 Å². The first-order valence-corrected chi connectivity index (χ1v) is 10.2. The number of sulfonamides is 1. The number of nitrogens with zero attached hydrogens (tertiary/aromatic N) is 2. The third-order valence-corrected chi connectivity index (χ3v) is 6.82. The van der Waals surface area contributed by atoms with Crippen molar-refractivity contribution >= 4 is 38.4 Å². The summed E-state index contributed by atoms with van der Waals surface area (Å²) in [4.78, 5) is 0.188. The second-order valence-corrected chi connectivity index (χ2v) is 9.17. The Bertz CT molecular complexity index is 723. The van der Waals surface area contributed by atoms with Crippen LogP contribution in [0.25, 0.3) is 0 Å². The average molecular weight is 435 g/mol. The second kappa shape index (κ2) is 8.15. The summed E-state index contributed by atoms with van der Waals surface area (Å²) in [7, 11) is -3.54. The Morgan fingerprint density at radius 2 is 1.88 bits per heavy atom. The first-order chi connectivity index (χ1) is 11.0. The number of benzene rings is 1. The molecule has 3 rings (SSSR count). The van der Waals surface area contributed by atoms with E-state index < -0.39 is 10.0 Å². The van der Waals surface area contributed by atoms with Gasteiger partial charge in [0.15, 0.2) is 0 Å². The van der Waals surface area contributed by atoms with Crippen LogP contribution in [0, 0.1) is 17.2 Å². The molecular weight excluding hydrogens is 414 g/mol. The molecule has 0 radical (unpaired) electrons. The number of nitriles is 1. The first kappa shape index (κ1) is 19.7. The highest BCUT2D eigenvalue weighted by atomic mass is 79.9. The average Bonchev–Trinajstić information content (AvgIpc) is 3.37. The SMILES string of the molecule is Cl.N#Cc1cc(Br)cc(S(=O)(=O)N2CCC(NCC3CC3)CC2)c1. The van der Waals surface area contributed by atoms with Gasteiger partial charge in [0.05, 0.1) is 16.5 Å². The fourth-order valence-corrected chi connectivity index (χ4v) is 5.07. The van der Waals surface area contributed by atoms with Crippen molar-refractivity contribution in [3.8, 4) is 6.07 Å². The van der Waals surface area contributed by atoms with Crippen molar-refractivity contribution in [3.63, 3.8) is 0 Å². The summed E-state index contributed by atoms with van der Waals surface area (Å²) in [6, 6.07) is 7.04. The maximum Gasteiger partial charge on any atom is 0.243 e. The van der Waals surface area contributed by atoms with Gasteiger partial charge in [-0.1, -0.05) is 15.9 Å². The van der Waals surface area contributed by atoms with Crippen molar-refractivity contribution in [3.05, 3.63) is 28.2 Å². The van der Waals surface area contributed by atoms with E-state index in [1.165, 1.54) is 23.2 Å². The van der Waals surface area contributed by atoms with Gasteiger partial charge in [-0.25, -0.2) is 8.42 Å². The molecule has 1 saturated carbocycles. The highest BCUT2D eigenvalue weighted by Gasteiger charge is 2.30. The fourth-order valence-electron chi connectivity index (χ4n) is 2.88. The number of piperidine rings is 1. The van der Waals surface area contributed by atoms with E-state index in [1.807, 2.05) is 6.07 Å². The molecule has 1 heterocycles. The minimum absolute atomic E-state index is 0. The molecule has 5 nitrogen and oxygen atoms in total. The van der Waals surface area contributed by atoms with Gasteiger partial charge in [0.1, 0.15) is 0 Å². The molecule has 24 heavy (non-hydrogen) atoms. The Morgan fingerprint density at radius 3 is 2.46 bits per heavy atom. The van der Waals surface area contributed by atoms with E-state index in [9.17, 15) is 8.42 Å². The predicted molar refractivity (Wildman–Crippen MR) is 98.6 cm³/mol. The quantitative estimate of drug-likeness (QED) is 0.773. The molecular formula is C16H21BrClN3O2S. The molecule has 1 aromatic rings. The van der Waals surface area contributed by atoms with Crippen LogP contribution in [-0.2, 0) is 10.0 Å². The Hall–Kier alpha value is -0.650. The standard InChI is InChI=1S/C16H20BrN3O2S.ClH/c17-14-7-13(10-18)8-16(9-14)23(21,22)20-5-3-15(4-6-20)19-11-12-1-2-12;/h7-9,12,15,19H,1-6,11H2;1H. The molecule has 132 valence electrons. The van der Waals surface area contributed by atoms with Crippen molar-refractivity contribution in [2.45, 2.75) is 36.6 Å². The summed E-state index contributed by atoms with van der Waals surface area (Å²) in [5, 5.41) is 12.6. The monoisotopic (exact) mass is 433 g/mol. The van der Waals surface area contributed by atoms with Gasteiger partial charge < -0.3 is 5.32 Å². The molecule has 0 spiro atoms. The first-order valence-electron chi connectivity index (χ1n) is 7.93. The van der Waals surface area contributed by atoms with Crippen molar-refractivity contribution < 1.29 is 8.42 Å². The van der Waals surface area contributed by atoms with Gasteiger partial charge in [-0.3, -0.25) is 0 Å². The molecule has 2 fully saturated rings. The van der Waals surface area contributed by atoms with Crippen molar-refractivity contribution in [2.75, 3.05) is 19.6 Å². The predicted octanol–water partition coefficient (Wildman–Crippen LogP) is 2.90. The Balaban J connectivity index is 0.00000208. The molecule has 0 bridgehead atoms. The minimum Gasteiger partial charge on any atom is -0.314 e. The Kier molecular flexibility index (Phi) is 6.68. The van der Waals surface area contributed by atoms with Crippen LogP contribution in [0.4, 0.5) is 0 Å². The topological polar surface area (TPSA) is 73.2 Å². The van der Waals surface area contributed by atoms with Crippen molar-refractivity contribution in [1.29, 1.82) is 5.26 Å². The summed E-state index contributed by atoms with van der Waals surface area (Å²) in [6.45, 7) is 2.12. The molecule has 8 heteroatoms. The second-order valence-electron chi connectivity index (χ2n) is 6.32. The molecule has 0 atom stereocenters. The Labute approximate surface area is 158 Å². The van der Waals surface area contributed by atoms with Gasteiger partial charge in [0, 0.05) is 23.6 Å². The number of nitrogens with one attached hydrogen (secondary N) is 1. The molecule has 0 unspecified atom stereocenters. The van der Waals surface area contributed by atoms with E-state index in [0.717, 1.165) is 25.3 Å². The van der Waals surface area contributed by atoms with Crippen LogP contribution >= 0.6 is 28.3 Å². The van der Waals surface area contributed by atoms with Gasteiger partial charge >= 0.3 is 0 Å². The summed E-state index contributed by atoms with van der Waals surface area (Å²) >= 11 is 3.28. The lowest BCUT2D eigenvalue weighted by atomic mass is 10.1. The zero-order valence-electron chi connectivity index (χ0n) is 13.2. The third kappa shape index (κ3) is 4.70. The number of halogens is 2. The number of rotatable bonds is 5. The molecule has 2 aliphatic rings. The maximum absolute atomic E-state index is 12.8. The lowest BCUT2D eigenvalue weighted by Gasteiger charge is -2.31. The largest absolute Gasteiger partial charge is 0.314 e. The number of hydrogen-bond donors (Lipinski definition) is 1. The third-order valence-electron chi connectivity index (χ3n) is 4.48. The van der Waals surface area contributed by atoms with Crippen molar-refractivity contribution in [1.82, 2.24) is 9.62 Å². The minimum atomic E-state index is -3.54. The van der Waals surface area contributed by atoms with E-state index >= 15 is 0 Å². The highest BCUT2D eigenvalue weighted by molar-refractivity contribution is 9.10. The van der Waals surface area contributed by atoms with Crippen LogP contribution in [0.2, 0.25) is 0 Å². The molecule has 1 aliphatic carbocycles. The smallest absolute Gasteiger partial charge is 0.243 e. The van der Waals surface area contributed by atoms with E-state index in [2.05, 4.69) is 21.2 Å². The van der Waals surface area contributed by atoms with E-state index in [0.29, 0.717) is 29.2 Å². The van der Waals surface area contributed by atoms with Crippen LogP contribution in [0.1, 0.15) is 31.2 Å². The molecule has 1 N–H and O–H groups in total. The van der Waals surface area contributed by atoms with E-state index in [1.54, 1.807) is 12.1 Å². The van der Waals surface area contributed by atoms with Crippen LogP contribution in [0.3, 0.4) is 0 Å². The molecule has 1 aromatic carbocycles. The van der Waals surface area contributed by atoms with Gasteiger partial charge in [0.25, 0.3) is 0 Å². The van der Waals surface area contributed by atoms with E-state index in [-0.39, 0.29) is 17.3 Å². The molecule has 1 aliphatic heterocycles. The highest BCUT2D eigenvalue weighted by Crippen LogP contribution is 2.29. The fraction of sp³-hybridized carbons (Fsp3) is 0.562. The van der Waals surface area contributed by atoms with Gasteiger partial charge in [0.2, 0.25) is 10.0 Å². The lowest BCUT2D eigenvalue weighted by Crippen LogP contribution is -2.45. The summed E-state index contributed by atoms with van der Waals surface area (Å²) in [5.74, 6) is 0.836. The molecule has 1 saturated heterocycles. The maximum atomic E-state index is 12.8. The van der Waals surface area contributed by atoms with Crippen LogP contribution in [0.5, 0.6) is 0 Å². The van der Waals surface area contributed by atoms with Crippen molar-refractivity contribution in [2.24, 2.45) is 5.92 Å². The van der Waals surface area contributed by atoms with E-state index in [4.69, 9.17) is 5.26 Å². The lowest BCUT2D eigenvalue weighted by molar-refractivity contribution is 0.288. The van der Waals surface area contributed by atoms with Crippen LogP contribution < -0.4 is 5.32 Å². The number of hydrogen-bond acceptors (Lipinski definition) is 4. The van der Waals surface area contributed by atoms with Gasteiger partial charge in [-0.2, -0.15) is 9.57 Å². The summed E-state index contributed by atoms with van der Waals surface area (Å²) < 4.78 is 27.7. The van der Waals surface area contributed by atoms with Crippen LogP contribution in [0.15, 0.2) is 27.6 Å². The molecule has 0 aromatic heterocycles.